The van der Waals surface area contributed by atoms with Gasteiger partial charge in [0.1, 0.15) is 5.82 Å². The highest BCUT2D eigenvalue weighted by molar-refractivity contribution is 7.89. The van der Waals surface area contributed by atoms with Crippen molar-refractivity contribution in [3.8, 4) is 0 Å². The Labute approximate surface area is 149 Å². The van der Waals surface area contributed by atoms with E-state index >= 15 is 0 Å². The van der Waals surface area contributed by atoms with Crippen LogP contribution in [0, 0.1) is 0 Å². The zero-order valence-electron chi connectivity index (χ0n) is 14.5. The molecule has 4 rings (SSSR count). The van der Waals surface area contributed by atoms with Gasteiger partial charge in [-0.1, -0.05) is 12.8 Å². The van der Waals surface area contributed by atoms with Crippen molar-refractivity contribution in [1.29, 1.82) is 0 Å². The highest BCUT2D eigenvalue weighted by Crippen LogP contribution is 2.26. The van der Waals surface area contributed by atoms with E-state index in [0.717, 1.165) is 42.7 Å². The lowest BCUT2D eigenvalue weighted by atomic mass is 10.2. The van der Waals surface area contributed by atoms with Gasteiger partial charge in [-0.3, -0.25) is 0 Å². The third kappa shape index (κ3) is 3.37. The van der Waals surface area contributed by atoms with Crippen LogP contribution in [-0.2, 0) is 10.0 Å². The van der Waals surface area contributed by atoms with Crippen LogP contribution in [0.2, 0.25) is 0 Å². The van der Waals surface area contributed by atoms with E-state index in [0.29, 0.717) is 18.0 Å². The third-order valence-electron chi connectivity index (χ3n) is 5.28. The molecule has 0 atom stereocenters. The Bertz CT molecular complexity index is 852. The monoisotopic (exact) mass is 359 g/mol. The van der Waals surface area contributed by atoms with Crippen LogP contribution in [-0.4, -0.2) is 43.9 Å². The summed E-state index contributed by atoms with van der Waals surface area (Å²) in [5.74, 6) is 1.00. The van der Waals surface area contributed by atoms with Crippen molar-refractivity contribution in [1.82, 2.24) is 9.29 Å². The summed E-state index contributed by atoms with van der Waals surface area (Å²) >= 11 is 0. The van der Waals surface area contributed by atoms with Crippen LogP contribution in [0.4, 0.5) is 5.82 Å². The normalized spacial score (nSPS) is 20.1. The number of rotatable bonds is 3. The summed E-state index contributed by atoms with van der Waals surface area (Å²) in [7, 11) is -3.37. The first kappa shape index (κ1) is 16.8. The maximum atomic E-state index is 12.7. The molecule has 25 heavy (non-hydrogen) atoms. The average Bonchev–Trinajstić information content (AvgIpc) is 3.05. The van der Waals surface area contributed by atoms with Crippen LogP contribution in [0.1, 0.15) is 38.5 Å². The number of sulfonamides is 1. The van der Waals surface area contributed by atoms with E-state index in [1.807, 2.05) is 18.2 Å². The van der Waals surface area contributed by atoms with Crippen LogP contribution < -0.4 is 4.90 Å². The molecule has 1 aromatic heterocycles. The summed E-state index contributed by atoms with van der Waals surface area (Å²) in [6.45, 7) is 3.37. The number of anilines is 1. The fourth-order valence-corrected chi connectivity index (χ4v) is 5.36. The molecule has 0 bridgehead atoms. The lowest BCUT2D eigenvalue weighted by molar-refractivity contribution is 0.477. The second-order valence-electron chi connectivity index (χ2n) is 7.04. The molecule has 5 nitrogen and oxygen atoms in total. The smallest absolute Gasteiger partial charge is 0.243 e. The number of hydrogen-bond donors (Lipinski definition) is 0. The molecule has 1 aromatic carbocycles. The number of aromatic nitrogens is 1. The molecule has 2 saturated heterocycles. The Hall–Kier alpha value is -1.66. The van der Waals surface area contributed by atoms with Gasteiger partial charge in [-0.25, -0.2) is 13.4 Å². The third-order valence-corrected chi connectivity index (χ3v) is 7.17. The lowest BCUT2D eigenvalue weighted by Gasteiger charge is -2.21. The first-order valence-electron chi connectivity index (χ1n) is 9.30. The highest BCUT2D eigenvalue weighted by Gasteiger charge is 2.27. The first-order chi connectivity index (χ1) is 12.1. The van der Waals surface area contributed by atoms with Crippen LogP contribution in [0.15, 0.2) is 35.2 Å². The fourth-order valence-electron chi connectivity index (χ4n) is 3.81. The van der Waals surface area contributed by atoms with Crippen molar-refractivity contribution in [3.63, 3.8) is 0 Å². The van der Waals surface area contributed by atoms with Gasteiger partial charge in [0.2, 0.25) is 10.0 Å². The number of pyridine rings is 1. The molecule has 0 radical (unpaired) electrons. The molecule has 0 spiro atoms. The van der Waals surface area contributed by atoms with Gasteiger partial charge in [0.15, 0.2) is 0 Å². The molecule has 6 heteroatoms. The summed E-state index contributed by atoms with van der Waals surface area (Å²) in [4.78, 5) is 7.51. The molecule has 0 unspecified atom stereocenters. The van der Waals surface area contributed by atoms with E-state index in [1.54, 1.807) is 16.4 Å². The van der Waals surface area contributed by atoms with Gasteiger partial charge in [-0.05, 0) is 56.0 Å². The summed E-state index contributed by atoms with van der Waals surface area (Å²) in [6.07, 6.45) is 6.92. The minimum Gasteiger partial charge on any atom is -0.357 e. The molecule has 2 aliphatic rings. The van der Waals surface area contributed by atoms with Gasteiger partial charge in [-0.2, -0.15) is 4.31 Å². The summed E-state index contributed by atoms with van der Waals surface area (Å²) in [6, 6.07) is 9.35. The van der Waals surface area contributed by atoms with Crippen LogP contribution >= 0.6 is 0 Å². The van der Waals surface area contributed by atoms with E-state index in [9.17, 15) is 8.42 Å². The summed E-state index contributed by atoms with van der Waals surface area (Å²) in [5.41, 5.74) is 0.863. The van der Waals surface area contributed by atoms with Gasteiger partial charge in [-0.15, -0.1) is 0 Å². The van der Waals surface area contributed by atoms with Gasteiger partial charge in [0, 0.05) is 31.6 Å². The largest absolute Gasteiger partial charge is 0.357 e. The lowest BCUT2D eigenvalue weighted by Crippen LogP contribution is -2.27. The summed E-state index contributed by atoms with van der Waals surface area (Å²) < 4.78 is 27.0. The van der Waals surface area contributed by atoms with E-state index in [2.05, 4.69) is 4.90 Å². The Morgan fingerprint density at radius 2 is 1.48 bits per heavy atom. The predicted octanol–water partition coefficient (Wildman–Crippen LogP) is 3.40. The van der Waals surface area contributed by atoms with Crippen molar-refractivity contribution in [2.75, 3.05) is 31.1 Å². The van der Waals surface area contributed by atoms with Crippen molar-refractivity contribution < 1.29 is 8.42 Å². The zero-order valence-corrected chi connectivity index (χ0v) is 15.3. The predicted molar refractivity (Wildman–Crippen MR) is 100 cm³/mol. The van der Waals surface area contributed by atoms with E-state index in [1.165, 1.54) is 25.7 Å². The molecule has 0 saturated carbocycles. The van der Waals surface area contributed by atoms with Crippen LogP contribution in [0.3, 0.4) is 0 Å². The topological polar surface area (TPSA) is 53.5 Å². The van der Waals surface area contributed by atoms with E-state index < -0.39 is 10.0 Å². The molecule has 2 aromatic rings. The quantitative estimate of drug-likeness (QED) is 0.843. The Morgan fingerprint density at radius 3 is 2.20 bits per heavy atom. The number of fused-ring (bicyclic) bond motifs is 1. The number of nitrogens with zero attached hydrogens (tertiary/aromatic N) is 3. The summed E-state index contributed by atoms with van der Waals surface area (Å²) in [5, 5.41) is 0.888. The van der Waals surface area contributed by atoms with Crippen molar-refractivity contribution >= 4 is 26.7 Å². The second kappa shape index (κ2) is 6.92. The SMILES string of the molecule is O=S(=O)(c1ccc2nc(N3CCCCCC3)ccc2c1)N1CCCC1. The first-order valence-corrected chi connectivity index (χ1v) is 10.7. The van der Waals surface area contributed by atoms with E-state index in [4.69, 9.17) is 4.98 Å². The minimum absolute atomic E-state index is 0.381. The average molecular weight is 359 g/mol. The van der Waals surface area contributed by atoms with Gasteiger partial charge >= 0.3 is 0 Å². The molecule has 3 heterocycles. The van der Waals surface area contributed by atoms with Crippen LogP contribution in [0.25, 0.3) is 10.9 Å². The van der Waals surface area contributed by atoms with Gasteiger partial charge in [0.25, 0.3) is 0 Å². The van der Waals surface area contributed by atoms with Crippen molar-refractivity contribution in [3.05, 3.63) is 30.3 Å². The van der Waals surface area contributed by atoms with Gasteiger partial charge < -0.3 is 4.90 Å². The molecule has 0 N–H and O–H groups in total. The van der Waals surface area contributed by atoms with Crippen LogP contribution in [0.5, 0.6) is 0 Å². The second-order valence-corrected chi connectivity index (χ2v) is 8.97. The molecule has 0 amide bonds. The molecule has 2 aliphatic heterocycles. The minimum atomic E-state index is -3.37. The maximum absolute atomic E-state index is 12.7. The standard InChI is InChI=1S/C19H25N3O2S/c23-25(24,22-13-5-6-14-22)17-8-9-18-16(15-17)7-10-19(20-18)21-11-3-1-2-4-12-21/h7-10,15H,1-6,11-14H2. The maximum Gasteiger partial charge on any atom is 0.243 e. The molecular weight excluding hydrogens is 334 g/mol. The van der Waals surface area contributed by atoms with Crippen molar-refractivity contribution in [2.24, 2.45) is 0 Å². The zero-order chi connectivity index (χ0) is 17.3. The number of hydrogen-bond acceptors (Lipinski definition) is 4. The Kier molecular flexibility index (Phi) is 4.65. The Morgan fingerprint density at radius 1 is 0.800 bits per heavy atom. The van der Waals surface area contributed by atoms with Gasteiger partial charge in [0.05, 0.1) is 10.4 Å². The van der Waals surface area contributed by atoms with Crippen molar-refractivity contribution in [2.45, 2.75) is 43.4 Å². The fraction of sp³-hybridized carbons (Fsp3) is 0.526. The highest BCUT2D eigenvalue weighted by atomic mass is 32.2. The molecule has 134 valence electrons. The molecule has 0 aliphatic carbocycles. The van der Waals surface area contributed by atoms with E-state index in [-0.39, 0.29) is 0 Å². The number of benzene rings is 1. The molecule has 2 fully saturated rings. The Balaban J connectivity index is 1.64. The molecular formula is C19H25N3O2S.